The molecule has 0 atom stereocenters. The summed E-state index contributed by atoms with van der Waals surface area (Å²) in [6.45, 7) is 10.9. The van der Waals surface area contributed by atoms with Gasteiger partial charge in [0, 0.05) is 0 Å². The van der Waals surface area contributed by atoms with Gasteiger partial charge in [0.25, 0.3) is 0 Å². The first-order valence-electron chi connectivity index (χ1n) is 6.10. The molecule has 0 saturated heterocycles. The summed E-state index contributed by atoms with van der Waals surface area (Å²) in [7, 11) is 0. The van der Waals surface area contributed by atoms with Crippen LogP contribution in [0.4, 0.5) is 13.2 Å². The lowest BCUT2D eigenvalue weighted by atomic mass is 9.95. The van der Waals surface area contributed by atoms with E-state index in [-0.39, 0.29) is 0 Å². The van der Waals surface area contributed by atoms with Gasteiger partial charge in [-0.05, 0) is 46.5 Å². The highest BCUT2D eigenvalue weighted by Gasteiger charge is 2.40. The highest BCUT2D eigenvalue weighted by Crippen LogP contribution is 2.34. The molecule has 0 radical (unpaired) electrons. The fraction of sp³-hybridized carbons (Fsp3) is 1.00. The lowest BCUT2D eigenvalue weighted by Crippen LogP contribution is -2.40. The van der Waals surface area contributed by atoms with E-state index in [1.165, 1.54) is 13.8 Å². The molecule has 0 saturated carbocycles. The Morgan fingerprint density at radius 3 is 1.76 bits per heavy atom. The molecule has 4 heteroatoms. The molecule has 1 nitrogen and oxygen atoms in total. The Labute approximate surface area is 103 Å². The zero-order chi connectivity index (χ0) is 13.9. The molecular weight excluding hydrogens is 229 g/mol. The summed E-state index contributed by atoms with van der Waals surface area (Å²) < 4.78 is 42.7. The normalized spacial score (nSPS) is 14.5. The lowest BCUT2D eigenvalue weighted by Gasteiger charge is -2.37. The van der Waals surface area contributed by atoms with Crippen molar-refractivity contribution in [3.8, 4) is 0 Å². The van der Waals surface area contributed by atoms with Crippen LogP contribution >= 0.6 is 0 Å². The van der Waals surface area contributed by atoms with Crippen molar-refractivity contribution in [1.82, 2.24) is 0 Å². The van der Waals surface area contributed by atoms with Crippen molar-refractivity contribution in [3.05, 3.63) is 0 Å². The summed E-state index contributed by atoms with van der Waals surface area (Å²) >= 11 is 0. The highest BCUT2D eigenvalue weighted by molar-refractivity contribution is 4.80. The Kier molecular flexibility index (Phi) is 5.51. The topological polar surface area (TPSA) is 9.23 Å². The molecule has 0 N–H and O–H groups in total. The third-order valence-electron chi connectivity index (χ3n) is 2.50. The second-order valence-electron chi connectivity index (χ2n) is 6.35. The van der Waals surface area contributed by atoms with Crippen molar-refractivity contribution in [3.63, 3.8) is 0 Å². The maximum Gasteiger partial charge on any atom is 0.391 e. The fourth-order valence-electron chi connectivity index (χ4n) is 1.95. The van der Waals surface area contributed by atoms with Crippen LogP contribution in [-0.2, 0) is 4.74 Å². The molecule has 0 bridgehead atoms. The molecule has 0 spiro atoms. The number of hydrogen-bond donors (Lipinski definition) is 0. The van der Waals surface area contributed by atoms with Crippen molar-refractivity contribution in [2.75, 3.05) is 0 Å². The number of rotatable bonds is 6. The zero-order valence-corrected chi connectivity index (χ0v) is 11.7. The van der Waals surface area contributed by atoms with Crippen molar-refractivity contribution in [2.45, 2.75) is 78.2 Å². The summed E-state index contributed by atoms with van der Waals surface area (Å²) in [6, 6.07) is 0. The predicted octanol–water partition coefficient (Wildman–Crippen LogP) is 4.95. The van der Waals surface area contributed by atoms with Crippen LogP contribution in [0.25, 0.3) is 0 Å². The minimum atomic E-state index is -4.18. The van der Waals surface area contributed by atoms with Gasteiger partial charge in [0.2, 0.25) is 0 Å². The van der Waals surface area contributed by atoms with Gasteiger partial charge in [-0.25, -0.2) is 0 Å². The fourth-order valence-corrected chi connectivity index (χ4v) is 1.95. The molecule has 0 aliphatic rings. The minimum Gasteiger partial charge on any atom is -0.369 e. The Morgan fingerprint density at radius 1 is 0.941 bits per heavy atom. The van der Waals surface area contributed by atoms with E-state index in [9.17, 15) is 13.2 Å². The van der Waals surface area contributed by atoms with Gasteiger partial charge in [-0.15, -0.1) is 0 Å². The molecule has 0 aromatic heterocycles. The van der Waals surface area contributed by atoms with Crippen molar-refractivity contribution in [2.24, 2.45) is 5.92 Å². The van der Waals surface area contributed by atoms with Gasteiger partial charge in [-0.2, -0.15) is 13.2 Å². The van der Waals surface area contributed by atoms with Crippen LogP contribution in [0.3, 0.4) is 0 Å². The summed E-state index contributed by atoms with van der Waals surface area (Å²) in [5.41, 5.74) is -1.68. The predicted molar refractivity (Wildman–Crippen MR) is 64.0 cm³/mol. The number of hydrogen-bond acceptors (Lipinski definition) is 1. The summed E-state index contributed by atoms with van der Waals surface area (Å²) in [4.78, 5) is 0. The lowest BCUT2D eigenvalue weighted by molar-refractivity contribution is -0.207. The average molecular weight is 254 g/mol. The van der Waals surface area contributed by atoms with Crippen LogP contribution in [-0.4, -0.2) is 17.4 Å². The molecule has 0 aliphatic heterocycles. The monoisotopic (exact) mass is 254 g/mol. The minimum absolute atomic E-state index is 0.515. The second-order valence-corrected chi connectivity index (χ2v) is 6.35. The molecule has 0 unspecified atom stereocenters. The van der Waals surface area contributed by atoms with E-state index < -0.39 is 23.8 Å². The molecule has 0 aliphatic carbocycles. The van der Waals surface area contributed by atoms with Gasteiger partial charge in [-0.1, -0.05) is 13.8 Å². The van der Waals surface area contributed by atoms with Crippen LogP contribution in [0.2, 0.25) is 0 Å². The van der Waals surface area contributed by atoms with Crippen LogP contribution < -0.4 is 0 Å². The smallest absolute Gasteiger partial charge is 0.369 e. The molecule has 0 aromatic rings. The second kappa shape index (κ2) is 5.59. The maximum absolute atomic E-state index is 12.4. The molecule has 0 rings (SSSR count). The van der Waals surface area contributed by atoms with Gasteiger partial charge in [0.15, 0.2) is 0 Å². The van der Waals surface area contributed by atoms with E-state index in [1.54, 1.807) is 0 Å². The summed E-state index contributed by atoms with van der Waals surface area (Å²) in [5, 5.41) is 0. The van der Waals surface area contributed by atoms with Crippen molar-refractivity contribution >= 4 is 0 Å². The standard InChI is InChI=1S/C13H25F3O/c1-10(2)7-8-11(3,4)17-12(5,6)9-13(14,15)16/h10H,7-9H2,1-6H3. The van der Waals surface area contributed by atoms with Gasteiger partial charge < -0.3 is 4.74 Å². The first kappa shape index (κ1) is 16.8. The van der Waals surface area contributed by atoms with Crippen molar-refractivity contribution in [1.29, 1.82) is 0 Å². The van der Waals surface area contributed by atoms with E-state index >= 15 is 0 Å². The van der Waals surface area contributed by atoms with Gasteiger partial charge in [-0.3, -0.25) is 0 Å². The first-order chi connectivity index (χ1) is 7.33. The summed E-state index contributed by atoms with van der Waals surface area (Å²) in [5.74, 6) is 0.531. The zero-order valence-electron chi connectivity index (χ0n) is 11.7. The Bertz CT molecular complexity index is 229. The van der Waals surface area contributed by atoms with E-state index in [4.69, 9.17) is 4.74 Å². The Morgan fingerprint density at radius 2 is 1.41 bits per heavy atom. The van der Waals surface area contributed by atoms with E-state index in [0.717, 1.165) is 12.8 Å². The van der Waals surface area contributed by atoms with Gasteiger partial charge in [0.05, 0.1) is 17.6 Å². The molecule has 0 aromatic carbocycles. The molecule has 0 heterocycles. The van der Waals surface area contributed by atoms with Crippen molar-refractivity contribution < 1.29 is 17.9 Å². The molecule has 17 heavy (non-hydrogen) atoms. The van der Waals surface area contributed by atoms with E-state index in [0.29, 0.717) is 5.92 Å². The molecular formula is C13H25F3O. The number of halogens is 3. The molecule has 0 fully saturated rings. The van der Waals surface area contributed by atoms with E-state index in [1.807, 2.05) is 13.8 Å². The quantitative estimate of drug-likeness (QED) is 0.651. The number of alkyl halides is 3. The van der Waals surface area contributed by atoms with Gasteiger partial charge in [0.1, 0.15) is 0 Å². The van der Waals surface area contributed by atoms with Crippen LogP contribution in [0, 0.1) is 5.92 Å². The third-order valence-corrected chi connectivity index (χ3v) is 2.50. The first-order valence-corrected chi connectivity index (χ1v) is 6.10. The summed E-state index contributed by atoms with van der Waals surface area (Å²) in [6.07, 6.45) is -3.37. The third kappa shape index (κ3) is 9.45. The Hall–Kier alpha value is -0.250. The average Bonchev–Trinajstić information content (AvgIpc) is 1.93. The Balaban J connectivity index is 4.37. The highest BCUT2D eigenvalue weighted by atomic mass is 19.4. The van der Waals surface area contributed by atoms with Crippen LogP contribution in [0.1, 0.15) is 60.8 Å². The number of ether oxygens (including phenoxy) is 1. The van der Waals surface area contributed by atoms with Gasteiger partial charge >= 0.3 is 6.18 Å². The molecule has 104 valence electrons. The largest absolute Gasteiger partial charge is 0.391 e. The SMILES string of the molecule is CC(C)CCC(C)(C)OC(C)(C)CC(F)(F)F. The maximum atomic E-state index is 12.4. The van der Waals surface area contributed by atoms with Crippen LogP contribution in [0.15, 0.2) is 0 Å². The van der Waals surface area contributed by atoms with E-state index in [2.05, 4.69) is 13.8 Å². The van der Waals surface area contributed by atoms with Crippen LogP contribution in [0.5, 0.6) is 0 Å². The molecule has 0 amide bonds.